The Morgan fingerprint density at radius 2 is 1.27 bits per heavy atom. The van der Waals surface area contributed by atoms with Crippen LogP contribution in [0, 0.1) is 23.7 Å². The summed E-state index contributed by atoms with van der Waals surface area (Å²) in [6, 6.07) is 0. The molecule has 5 N–H and O–H groups in total. The van der Waals surface area contributed by atoms with Crippen LogP contribution < -0.4 is 21.7 Å². The summed E-state index contributed by atoms with van der Waals surface area (Å²) in [5.74, 6) is 4.61. The number of nitrogens with zero attached hydrogens (tertiary/aromatic N) is 5. The van der Waals surface area contributed by atoms with Crippen molar-refractivity contribution < 1.29 is 4.79 Å². The van der Waals surface area contributed by atoms with Crippen LogP contribution in [0.2, 0.25) is 0 Å². The number of hydrogen-bond acceptors (Lipinski definition) is 9. The molecule has 4 atom stereocenters. The van der Waals surface area contributed by atoms with E-state index >= 15 is 0 Å². The van der Waals surface area contributed by atoms with Gasteiger partial charge in [-0.25, -0.2) is 0 Å². The quantitative estimate of drug-likeness (QED) is 0.0360. The summed E-state index contributed by atoms with van der Waals surface area (Å²) >= 11 is 0. The van der Waals surface area contributed by atoms with Gasteiger partial charge in [0.15, 0.2) is 0 Å². The predicted octanol–water partition coefficient (Wildman–Crippen LogP) is 8.88. The molecule has 0 bridgehead atoms. The Bertz CT molecular complexity index is 1230. The summed E-state index contributed by atoms with van der Waals surface area (Å²) in [7, 11) is 0. The fourth-order valence-corrected chi connectivity index (χ4v) is 10.9. The second kappa shape index (κ2) is 36.3. The van der Waals surface area contributed by atoms with E-state index in [1.165, 1.54) is 154 Å². The highest BCUT2D eigenvalue weighted by Crippen LogP contribution is 2.43. The van der Waals surface area contributed by atoms with Gasteiger partial charge in [-0.15, -0.1) is 0 Å². The maximum Gasteiger partial charge on any atom is 0.222 e. The van der Waals surface area contributed by atoms with E-state index in [2.05, 4.69) is 73.7 Å². The number of nitrogens with one attached hydrogen (secondary N) is 3. The van der Waals surface area contributed by atoms with Crippen molar-refractivity contribution in [3.8, 4) is 0 Å². The van der Waals surface area contributed by atoms with Crippen LogP contribution in [0.25, 0.3) is 0 Å². The summed E-state index contributed by atoms with van der Waals surface area (Å²) < 4.78 is 0. The lowest BCUT2D eigenvalue weighted by atomic mass is 9.66. The van der Waals surface area contributed by atoms with Gasteiger partial charge >= 0.3 is 0 Å². The van der Waals surface area contributed by atoms with Gasteiger partial charge in [-0.1, -0.05) is 134 Å². The van der Waals surface area contributed by atoms with E-state index in [9.17, 15) is 4.79 Å². The maximum absolute atomic E-state index is 13.2. The van der Waals surface area contributed by atoms with Gasteiger partial charge in [0.05, 0.1) is 12.4 Å². The number of unbranched alkanes of at least 4 members (excludes halogenated alkanes) is 15. The third-order valence-electron chi connectivity index (χ3n) is 15.0. The molecule has 0 saturated carbocycles. The Kier molecular flexibility index (Phi) is 31.0. The molecule has 0 radical (unpaired) electrons. The molecule has 10 heteroatoms. The van der Waals surface area contributed by atoms with Crippen molar-refractivity contribution in [2.75, 3.05) is 118 Å². The highest BCUT2D eigenvalue weighted by atomic mass is 16.2. The van der Waals surface area contributed by atoms with Crippen LogP contribution in [-0.4, -0.2) is 149 Å². The third kappa shape index (κ3) is 23.3. The van der Waals surface area contributed by atoms with Crippen LogP contribution in [-0.2, 0) is 4.79 Å². The minimum absolute atomic E-state index is 0.386. The Morgan fingerprint density at radius 3 is 2.00 bits per heavy atom. The predicted molar refractivity (Wildman–Crippen MR) is 275 cm³/mol. The minimum Gasteiger partial charge on any atom is -0.357 e. The second-order valence-electron chi connectivity index (χ2n) is 20.1. The lowest BCUT2D eigenvalue weighted by molar-refractivity contribution is -0.133. The van der Waals surface area contributed by atoms with Crippen molar-refractivity contribution in [1.29, 1.82) is 0 Å². The lowest BCUT2D eigenvalue weighted by Gasteiger charge is -2.39. The number of amidine groups is 1. The van der Waals surface area contributed by atoms with E-state index in [4.69, 9.17) is 10.7 Å². The molecule has 4 aliphatic rings. The smallest absolute Gasteiger partial charge is 0.222 e. The third-order valence-corrected chi connectivity index (χ3v) is 15.0. The first-order valence-corrected chi connectivity index (χ1v) is 27.8. The Hall–Kier alpha value is -1.82. The highest BCUT2D eigenvalue weighted by molar-refractivity contribution is 5.83. The Balaban J connectivity index is 1.16. The van der Waals surface area contributed by atoms with E-state index in [1.807, 2.05) is 0 Å². The number of amides is 1. The van der Waals surface area contributed by atoms with Gasteiger partial charge in [0.1, 0.15) is 0 Å². The standard InChI is InChI=1S/C54H103N9O/c1-3-5-7-9-13-19-25-51-49(23-17-8-6-4-2)29-30-50(24-18-12-10-15-21-27-53-59-38-44-62(53)43-37-56-32-31-55)52(51)26-20-14-11-16-22-28-54(64)63-47-45-61(46-48-63)42-36-58-35-41-60-39-33-57-34-40-60/h19,25,29-30,49-52,56-58H,3-18,20-24,26-28,31-48,55H2,1-2H3. The monoisotopic (exact) mass is 894 g/mol. The summed E-state index contributed by atoms with van der Waals surface area (Å²) in [6.07, 6.45) is 41.5. The number of carbonyl (C=O) groups is 1. The molecule has 0 aromatic heterocycles. The van der Waals surface area contributed by atoms with Gasteiger partial charge in [-0.3, -0.25) is 19.6 Å². The highest BCUT2D eigenvalue weighted by Gasteiger charge is 2.34. The fraction of sp³-hybridized carbons (Fsp3) is 0.889. The van der Waals surface area contributed by atoms with E-state index < -0.39 is 0 Å². The molecule has 0 aromatic rings. The molecule has 3 heterocycles. The first-order chi connectivity index (χ1) is 31.6. The number of piperazine rings is 2. The average Bonchev–Trinajstić information content (AvgIpc) is 3.77. The van der Waals surface area contributed by atoms with Crippen LogP contribution in [0.15, 0.2) is 29.3 Å². The van der Waals surface area contributed by atoms with Crippen LogP contribution in [0.3, 0.4) is 0 Å². The molecule has 370 valence electrons. The molecule has 3 aliphatic heterocycles. The number of carbonyl (C=O) groups excluding carboxylic acids is 1. The molecule has 4 rings (SSSR count). The van der Waals surface area contributed by atoms with Gasteiger partial charge < -0.3 is 31.5 Å². The summed E-state index contributed by atoms with van der Waals surface area (Å²) in [4.78, 5) is 27.7. The Labute approximate surface area is 395 Å². The van der Waals surface area contributed by atoms with Crippen LogP contribution in [0.4, 0.5) is 0 Å². The van der Waals surface area contributed by atoms with Crippen molar-refractivity contribution in [3.05, 3.63) is 24.3 Å². The van der Waals surface area contributed by atoms with E-state index in [0.717, 1.165) is 123 Å². The SMILES string of the molecule is CCCCCCC=CC1C(CCCCCC)C=CC(CCCCCCCC2=NCCN2CCNCCN)C1CCCCCCCC(=O)N1CCN(CCNCCN2CCNCC2)CC1. The van der Waals surface area contributed by atoms with E-state index in [1.54, 1.807) is 0 Å². The number of nitrogens with two attached hydrogens (primary N) is 1. The zero-order valence-electron chi connectivity index (χ0n) is 42.0. The largest absolute Gasteiger partial charge is 0.357 e. The first-order valence-electron chi connectivity index (χ1n) is 27.8. The van der Waals surface area contributed by atoms with Crippen molar-refractivity contribution in [3.63, 3.8) is 0 Å². The van der Waals surface area contributed by atoms with Crippen molar-refractivity contribution in [1.82, 2.24) is 35.6 Å². The molecule has 4 unspecified atom stereocenters. The topological polar surface area (TPSA) is 104 Å². The summed E-state index contributed by atoms with van der Waals surface area (Å²) in [5, 5.41) is 10.5. The number of aliphatic imine (C=N–C) groups is 1. The lowest BCUT2D eigenvalue weighted by Crippen LogP contribution is -2.50. The molecule has 10 nitrogen and oxygen atoms in total. The fourth-order valence-electron chi connectivity index (χ4n) is 10.9. The number of rotatable bonds is 38. The zero-order valence-corrected chi connectivity index (χ0v) is 42.0. The molecule has 2 saturated heterocycles. The van der Waals surface area contributed by atoms with Gasteiger partial charge in [0, 0.05) is 124 Å². The molecule has 1 amide bonds. The van der Waals surface area contributed by atoms with Crippen LogP contribution in [0.1, 0.15) is 168 Å². The minimum atomic E-state index is 0.386. The van der Waals surface area contributed by atoms with Crippen molar-refractivity contribution >= 4 is 11.7 Å². The van der Waals surface area contributed by atoms with Crippen molar-refractivity contribution in [2.45, 2.75) is 168 Å². The van der Waals surface area contributed by atoms with Gasteiger partial charge in [-0.05, 0) is 68.6 Å². The zero-order chi connectivity index (χ0) is 45.1. The maximum atomic E-state index is 13.2. The van der Waals surface area contributed by atoms with Crippen LogP contribution in [0.5, 0.6) is 0 Å². The second-order valence-corrected chi connectivity index (χ2v) is 20.1. The number of hydrogen-bond donors (Lipinski definition) is 4. The molecular weight excluding hydrogens is 791 g/mol. The Morgan fingerprint density at radius 1 is 0.672 bits per heavy atom. The van der Waals surface area contributed by atoms with Gasteiger partial charge in [-0.2, -0.15) is 0 Å². The number of allylic oxidation sites excluding steroid dienone is 4. The summed E-state index contributed by atoms with van der Waals surface area (Å²) in [6.45, 7) is 23.1. The molecule has 64 heavy (non-hydrogen) atoms. The van der Waals surface area contributed by atoms with Gasteiger partial charge in [0.2, 0.25) is 5.91 Å². The van der Waals surface area contributed by atoms with E-state index in [0.29, 0.717) is 30.2 Å². The van der Waals surface area contributed by atoms with Crippen LogP contribution >= 0.6 is 0 Å². The first kappa shape index (κ1) is 54.8. The molecule has 1 aliphatic carbocycles. The molecule has 0 aromatic carbocycles. The molecule has 0 spiro atoms. The van der Waals surface area contributed by atoms with Gasteiger partial charge in [0.25, 0.3) is 0 Å². The summed E-state index contributed by atoms with van der Waals surface area (Å²) in [5.41, 5.74) is 5.65. The van der Waals surface area contributed by atoms with Crippen molar-refractivity contribution in [2.24, 2.45) is 34.4 Å². The average molecular weight is 894 g/mol. The molecule has 2 fully saturated rings. The normalized spacial score (nSPS) is 22.3. The van der Waals surface area contributed by atoms with E-state index in [-0.39, 0.29) is 0 Å². The molecular formula is C54H103N9O.